The van der Waals surface area contributed by atoms with E-state index in [9.17, 15) is 14.4 Å². The van der Waals surface area contributed by atoms with E-state index in [1.165, 1.54) is 11.0 Å². The minimum Gasteiger partial charge on any atom is -0.496 e. The molecule has 1 unspecified atom stereocenters. The number of hydrogen-bond donors (Lipinski definition) is 1. The fraction of sp³-hybridized carbons (Fsp3) is 0.207. The first kappa shape index (κ1) is 25.7. The number of benzene rings is 3. The molecule has 1 N–H and O–H groups in total. The number of nitrogens with zero attached hydrogens (tertiary/aromatic N) is 1. The molecule has 0 aliphatic carbocycles. The summed E-state index contributed by atoms with van der Waals surface area (Å²) in [5, 5.41) is 2.81. The van der Waals surface area contributed by atoms with Crippen molar-refractivity contribution in [3.8, 4) is 17.2 Å². The van der Waals surface area contributed by atoms with Gasteiger partial charge in [-0.05, 0) is 67.4 Å². The number of anilines is 1. The number of rotatable bonds is 8. The monoisotopic (exact) mass is 576 g/mol. The first-order valence-electron chi connectivity index (χ1n) is 12.1. The van der Waals surface area contributed by atoms with Crippen molar-refractivity contribution in [2.45, 2.75) is 18.9 Å². The standard InChI is InChI=1S/C29H25BrN2O6/c1-36-26-11-8-19(30)14-18(26)7-12-27(33)31-20-4-2-5-21(15-20)38-22-9-10-24-25(16-22)29(35)32(28(24)34)17-23-6-3-13-37-23/h2,4-5,7-12,14-16,23H,3,6,13,17H2,1H3,(H,31,33)/b12-7+. The summed E-state index contributed by atoms with van der Waals surface area (Å²) in [5.74, 6) is 0.544. The second-order valence-electron chi connectivity index (χ2n) is 8.90. The van der Waals surface area contributed by atoms with E-state index < -0.39 is 0 Å². The Morgan fingerprint density at radius 1 is 1.08 bits per heavy atom. The largest absolute Gasteiger partial charge is 0.496 e. The van der Waals surface area contributed by atoms with Gasteiger partial charge in [0.2, 0.25) is 5.91 Å². The fourth-order valence-corrected chi connectivity index (χ4v) is 4.83. The molecule has 194 valence electrons. The quantitative estimate of drug-likeness (QED) is 0.274. The zero-order chi connectivity index (χ0) is 26.6. The second-order valence-corrected chi connectivity index (χ2v) is 9.82. The van der Waals surface area contributed by atoms with Gasteiger partial charge in [0.1, 0.15) is 17.2 Å². The zero-order valence-corrected chi connectivity index (χ0v) is 22.2. The molecule has 2 aliphatic heterocycles. The highest BCUT2D eigenvalue weighted by molar-refractivity contribution is 9.10. The van der Waals surface area contributed by atoms with Gasteiger partial charge in [-0.2, -0.15) is 0 Å². The molecule has 0 saturated carbocycles. The van der Waals surface area contributed by atoms with Crippen LogP contribution in [0.3, 0.4) is 0 Å². The lowest BCUT2D eigenvalue weighted by Crippen LogP contribution is -2.36. The molecule has 0 bridgehead atoms. The Morgan fingerprint density at radius 2 is 1.89 bits per heavy atom. The van der Waals surface area contributed by atoms with Gasteiger partial charge in [0, 0.05) is 34.5 Å². The number of carbonyl (C=O) groups excluding carboxylic acids is 3. The van der Waals surface area contributed by atoms with Crippen molar-refractivity contribution in [1.82, 2.24) is 4.90 Å². The van der Waals surface area contributed by atoms with E-state index in [1.54, 1.807) is 55.7 Å². The van der Waals surface area contributed by atoms with Crippen LogP contribution in [0.2, 0.25) is 0 Å². The van der Waals surface area contributed by atoms with Crippen LogP contribution in [0.5, 0.6) is 17.2 Å². The molecule has 1 atom stereocenters. The molecular formula is C29H25BrN2O6. The van der Waals surface area contributed by atoms with Crippen LogP contribution in [0.15, 0.2) is 71.2 Å². The average Bonchev–Trinajstić information content (AvgIpc) is 3.51. The van der Waals surface area contributed by atoms with Gasteiger partial charge < -0.3 is 19.5 Å². The molecule has 38 heavy (non-hydrogen) atoms. The molecule has 2 heterocycles. The minimum atomic E-state index is -0.346. The third-order valence-electron chi connectivity index (χ3n) is 6.30. The van der Waals surface area contributed by atoms with Crippen LogP contribution in [0.25, 0.3) is 6.08 Å². The van der Waals surface area contributed by atoms with Gasteiger partial charge in [0.25, 0.3) is 11.8 Å². The Kier molecular flexibility index (Phi) is 7.57. The van der Waals surface area contributed by atoms with Gasteiger partial charge in [-0.3, -0.25) is 19.3 Å². The smallest absolute Gasteiger partial charge is 0.261 e. The second kappa shape index (κ2) is 11.2. The van der Waals surface area contributed by atoms with Gasteiger partial charge in [-0.25, -0.2) is 0 Å². The maximum Gasteiger partial charge on any atom is 0.261 e. The normalized spacial score (nSPS) is 16.7. The predicted octanol–water partition coefficient (Wildman–Crippen LogP) is 5.68. The number of amides is 3. The predicted molar refractivity (Wildman–Crippen MR) is 146 cm³/mol. The number of fused-ring (bicyclic) bond motifs is 1. The fourth-order valence-electron chi connectivity index (χ4n) is 4.45. The summed E-state index contributed by atoms with van der Waals surface area (Å²) >= 11 is 3.42. The van der Waals surface area contributed by atoms with E-state index in [0.717, 1.165) is 22.9 Å². The maximum absolute atomic E-state index is 12.9. The first-order valence-corrected chi connectivity index (χ1v) is 12.9. The zero-order valence-electron chi connectivity index (χ0n) is 20.6. The van der Waals surface area contributed by atoms with E-state index in [0.29, 0.717) is 40.7 Å². The third-order valence-corrected chi connectivity index (χ3v) is 6.79. The van der Waals surface area contributed by atoms with Crippen LogP contribution in [-0.4, -0.2) is 49.0 Å². The van der Waals surface area contributed by atoms with Crippen molar-refractivity contribution in [3.63, 3.8) is 0 Å². The van der Waals surface area contributed by atoms with Gasteiger partial charge >= 0.3 is 0 Å². The van der Waals surface area contributed by atoms with Crippen LogP contribution >= 0.6 is 15.9 Å². The van der Waals surface area contributed by atoms with Gasteiger partial charge in [0.15, 0.2) is 0 Å². The Morgan fingerprint density at radius 3 is 2.68 bits per heavy atom. The lowest BCUT2D eigenvalue weighted by atomic mass is 10.1. The first-order chi connectivity index (χ1) is 18.4. The molecular weight excluding hydrogens is 552 g/mol. The Hall–Kier alpha value is -3.95. The number of halogens is 1. The van der Waals surface area contributed by atoms with Crippen LogP contribution in [-0.2, 0) is 9.53 Å². The summed E-state index contributed by atoms with van der Waals surface area (Å²) in [6.07, 6.45) is 4.75. The molecule has 8 nitrogen and oxygen atoms in total. The number of carbonyl (C=O) groups is 3. The molecule has 1 saturated heterocycles. The van der Waals surface area contributed by atoms with E-state index in [2.05, 4.69) is 21.2 Å². The minimum absolute atomic E-state index is 0.114. The Balaban J connectivity index is 1.25. The number of ether oxygens (including phenoxy) is 3. The Bertz CT molecular complexity index is 1430. The molecule has 3 aromatic rings. The van der Waals surface area contributed by atoms with Crippen molar-refractivity contribution in [2.24, 2.45) is 0 Å². The summed E-state index contributed by atoms with van der Waals surface area (Å²) in [4.78, 5) is 39.5. The molecule has 0 radical (unpaired) electrons. The molecule has 0 aromatic heterocycles. The molecule has 2 aliphatic rings. The molecule has 3 aromatic carbocycles. The van der Waals surface area contributed by atoms with Crippen molar-refractivity contribution in [1.29, 1.82) is 0 Å². The Labute approximate surface area is 228 Å². The summed E-state index contributed by atoms with van der Waals surface area (Å²) in [6, 6.07) is 17.3. The van der Waals surface area contributed by atoms with E-state index in [1.807, 2.05) is 18.2 Å². The van der Waals surface area contributed by atoms with Gasteiger partial charge in [0.05, 0.1) is 30.9 Å². The highest BCUT2D eigenvalue weighted by Crippen LogP contribution is 2.31. The van der Waals surface area contributed by atoms with Crippen LogP contribution in [0.1, 0.15) is 39.1 Å². The van der Waals surface area contributed by atoms with Crippen molar-refractivity contribution < 1.29 is 28.6 Å². The number of nitrogens with one attached hydrogen (secondary N) is 1. The summed E-state index contributed by atoms with van der Waals surface area (Å²) in [7, 11) is 1.57. The van der Waals surface area contributed by atoms with Gasteiger partial charge in [-0.1, -0.05) is 22.0 Å². The van der Waals surface area contributed by atoms with Gasteiger partial charge in [-0.15, -0.1) is 0 Å². The number of methoxy groups -OCH3 is 1. The average molecular weight is 577 g/mol. The SMILES string of the molecule is COc1ccc(Br)cc1/C=C/C(=O)Nc1cccc(Oc2ccc3c(c2)C(=O)N(CC2CCCO2)C3=O)c1. The van der Waals surface area contributed by atoms with E-state index >= 15 is 0 Å². The van der Waals surface area contributed by atoms with Crippen LogP contribution in [0, 0.1) is 0 Å². The van der Waals surface area contributed by atoms with Crippen molar-refractivity contribution in [3.05, 3.63) is 87.9 Å². The third kappa shape index (κ3) is 5.64. The molecule has 5 rings (SSSR count). The highest BCUT2D eigenvalue weighted by Gasteiger charge is 2.37. The van der Waals surface area contributed by atoms with Crippen molar-refractivity contribution >= 4 is 45.4 Å². The van der Waals surface area contributed by atoms with E-state index in [-0.39, 0.29) is 30.4 Å². The van der Waals surface area contributed by atoms with Crippen LogP contribution < -0.4 is 14.8 Å². The summed E-state index contributed by atoms with van der Waals surface area (Å²) in [6.45, 7) is 0.911. The molecule has 9 heteroatoms. The molecule has 3 amide bonds. The summed E-state index contributed by atoms with van der Waals surface area (Å²) < 4.78 is 17.7. The number of imide groups is 1. The lowest BCUT2D eigenvalue weighted by Gasteiger charge is -2.17. The van der Waals surface area contributed by atoms with E-state index in [4.69, 9.17) is 14.2 Å². The molecule has 1 fully saturated rings. The topological polar surface area (TPSA) is 94.2 Å². The highest BCUT2D eigenvalue weighted by atomic mass is 79.9. The summed E-state index contributed by atoms with van der Waals surface area (Å²) in [5.41, 5.74) is 1.96. The maximum atomic E-state index is 12.9. The molecule has 0 spiro atoms. The lowest BCUT2D eigenvalue weighted by molar-refractivity contribution is -0.111. The number of hydrogen-bond acceptors (Lipinski definition) is 6. The van der Waals surface area contributed by atoms with Crippen LogP contribution in [0.4, 0.5) is 5.69 Å². The van der Waals surface area contributed by atoms with Crippen molar-refractivity contribution in [2.75, 3.05) is 25.6 Å².